The molecule has 0 aromatic carbocycles. The van der Waals surface area contributed by atoms with Crippen LogP contribution in [-0.2, 0) is 4.74 Å². The second-order valence-electron chi connectivity index (χ2n) is 5.09. The summed E-state index contributed by atoms with van der Waals surface area (Å²) in [6.07, 6.45) is -3.84. The SMILES string of the molecule is CCNC1=N[C@@H]2[C@H](F)[C@H](O)[C@@H](C(C)(C)O)O[C@@H]2S1. The van der Waals surface area contributed by atoms with E-state index in [1.54, 1.807) is 0 Å². The molecule has 7 heteroatoms. The summed E-state index contributed by atoms with van der Waals surface area (Å²) < 4.78 is 19.7. The largest absolute Gasteiger partial charge is 0.388 e. The molecule has 5 nitrogen and oxygen atoms in total. The molecule has 104 valence electrons. The molecule has 0 saturated carbocycles. The maximum absolute atomic E-state index is 14.1. The van der Waals surface area contributed by atoms with Crippen molar-refractivity contribution in [3.05, 3.63) is 0 Å². The normalized spacial score (nSPS) is 40.3. The molecule has 0 aromatic rings. The average molecular weight is 278 g/mol. The number of alkyl halides is 1. The maximum atomic E-state index is 14.1. The van der Waals surface area contributed by atoms with E-state index in [1.165, 1.54) is 25.6 Å². The Bertz CT molecular complexity index is 348. The van der Waals surface area contributed by atoms with Crippen molar-refractivity contribution < 1.29 is 19.3 Å². The average Bonchev–Trinajstić information content (AvgIpc) is 2.65. The Morgan fingerprint density at radius 1 is 1.56 bits per heavy atom. The third-order valence-corrected chi connectivity index (χ3v) is 4.14. The first-order chi connectivity index (χ1) is 8.34. The minimum absolute atomic E-state index is 0.492. The molecular formula is C11H19FN2O3S. The van der Waals surface area contributed by atoms with Gasteiger partial charge in [-0.15, -0.1) is 0 Å². The monoisotopic (exact) mass is 278 g/mol. The summed E-state index contributed by atoms with van der Waals surface area (Å²) in [5, 5.41) is 23.4. The van der Waals surface area contributed by atoms with Gasteiger partial charge in [-0.2, -0.15) is 0 Å². The van der Waals surface area contributed by atoms with E-state index in [0.717, 1.165) is 0 Å². The van der Waals surface area contributed by atoms with Crippen LogP contribution < -0.4 is 5.32 Å². The molecule has 0 aromatic heterocycles. The first-order valence-corrected chi connectivity index (χ1v) is 6.91. The van der Waals surface area contributed by atoms with E-state index >= 15 is 0 Å². The van der Waals surface area contributed by atoms with Crippen molar-refractivity contribution >= 4 is 16.9 Å². The highest BCUT2D eigenvalue weighted by Gasteiger charge is 2.53. The number of rotatable bonds is 2. The molecule has 0 amide bonds. The number of aliphatic hydroxyl groups excluding tert-OH is 1. The predicted molar refractivity (Wildman–Crippen MR) is 68.4 cm³/mol. The Balaban J connectivity index is 2.14. The van der Waals surface area contributed by atoms with Crippen molar-refractivity contribution in [3.8, 4) is 0 Å². The smallest absolute Gasteiger partial charge is 0.159 e. The van der Waals surface area contributed by atoms with E-state index in [4.69, 9.17) is 4.74 Å². The standard InChI is InChI=1S/C11H19FN2O3S/c1-4-13-10-14-6-5(12)7(15)8(11(2,3)16)17-9(6)18-10/h5-9,15-16H,4H2,1-3H3,(H,13,14)/t5-,6+,7-,8-,9+/m0/s1. The molecule has 0 spiro atoms. The fraction of sp³-hybridized carbons (Fsp3) is 0.909. The van der Waals surface area contributed by atoms with E-state index < -0.39 is 35.5 Å². The Labute approximate surface area is 110 Å². The molecular weight excluding hydrogens is 259 g/mol. The van der Waals surface area contributed by atoms with Crippen LogP contribution in [-0.4, -0.2) is 57.4 Å². The summed E-state index contributed by atoms with van der Waals surface area (Å²) in [6, 6.07) is -0.711. The topological polar surface area (TPSA) is 74.1 Å². The molecule has 2 aliphatic heterocycles. The van der Waals surface area contributed by atoms with Crippen LogP contribution in [0.3, 0.4) is 0 Å². The summed E-state index contributed by atoms with van der Waals surface area (Å²) in [5.74, 6) is 0. The summed E-state index contributed by atoms with van der Waals surface area (Å²) >= 11 is 1.30. The second kappa shape index (κ2) is 4.96. The minimum Gasteiger partial charge on any atom is -0.388 e. The van der Waals surface area contributed by atoms with Crippen LogP contribution >= 0.6 is 11.8 Å². The van der Waals surface area contributed by atoms with Gasteiger partial charge < -0.3 is 20.3 Å². The number of aliphatic hydroxyl groups is 2. The van der Waals surface area contributed by atoms with Gasteiger partial charge in [0.05, 0.1) is 5.60 Å². The zero-order chi connectivity index (χ0) is 13.5. The quantitative estimate of drug-likeness (QED) is 0.676. The number of hydrogen-bond acceptors (Lipinski definition) is 6. The Morgan fingerprint density at radius 3 is 2.78 bits per heavy atom. The van der Waals surface area contributed by atoms with Crippen molar-refractivity contribution in [2.75, 3.05) is 6.54 Å². The molecule has 1 fully saturated rings. The number of halogens is 1. The van der Waals surface area contributed by atoms with Gasteiger partial charge in [0.1, 0.15) is 23.7 Å². The lowest BCUT2D eigenvalue weighted by Crippen LogP contribution is -2.59. The van der Waals surface area contributed by atoms with Gasteiger partial charge in [0.15, 0.2) is 11.3 Å². The van der Waals surface area contributed by atoms with Gasteiger partial charge in [-0.05, 0) is 20.8 Å². The zero-order valence-electron chi connectivity index (χ0n) is 10.6. The van der Waals surface area contributed by atoms with Crippen LogP contribution in [0.2, 0.25) is 0 Å². The van der Waals surface area contributed by atoms with Crippen LogP contribution in [0.1, 0.15) is 20.8 Å². The number of nitrogens with zero attached hydrogens (tertiary/aromatic N) is 1. The summed E-state index contributed by atoms with van der Waals surface area (Å²) in [7, 11) is 0. The molecule has 0 radical (unpaired) electrons. The van der Waals surface area contributed by atoms with E-state index in [0.29, 0.717) is 11.7 Å². The Hall–Kier alpha value is -0.370. The van der Waals surface area contributed by atoms with Gasteiger partial charge in [0, 0.05) is 6.54 Å². The molecule has 0 aliphatic carbocycles. The highest BCUT2D eigenvalue weighted by Crippen LogP contribution is 2.39. The molecule has 5 atom stereocenters. The van der Waals surface area contributed by atoms with Gasteiger partial charge in [-0.3, -0.25) is 4.99 Å². The molecule has 1 saturated heterocycles. The molecule has 2 aliphatic rings. The van der Waals surface area contributed by atoms with Crippen LogP contribution in [0.15, 0.2) is 4.99 Å². The van der Waals surface area contributed by atoms with E-state index in [-0.39, 0.29) is 0 Å². The van der Waals surface area contributed by atoms with Crippen LogP contribution in [0.25, 0.3) is 0 Å². The van der Waals surface area contributed by atoms with Crippen LogP contribution in [0, 0.1) is 0 Å². The number of amidine groups is 1. The number of ether oxygens (including phenoxy) is 1. The van der Waals surface area contributed by atoms with Gasteiger partial charge in [0.2, 0.25) is 0 Å². The predicted octanol–water partition coefficient (Wildman–Crippen LogP) is 0.262. The third-order valence-electron chi connectivity index (χ3n) is 3.04. The summed E-state index contributed by atoms with van der Waals surface area (Å²) in [6.45, 7) is 5.62. The molecule has 3 N–H and O–H groups in total. The molecule has 2 heterocycles. The Morgan fingerprint density at radius 2 is 2.22 bits per heavy atom. The van der Waals surface area contributed by atoms with E-state index in [1.807, 2.05) is 6.92 Å². The maximum Gasteiger partial charge on any atom is 0.159 e. The van der Waals surface area contributed by atoms with E-state index in [9.17, 15) is 14.6 Å². The van der Waals surface area contributed by atoms with Crippen molar-refractivity contribution in [3.63, 3.8) is 0 Å². The third kappa shape index (κ3) is 2.49. The fourth-order valence-electron chi connectivity index (χ4n) is 2.15. The van der Waals surface area contributed by atoms with Crippen LogP contribution in [0.5, 0.6) is 0 Å². The number of nitrogens with one attached hydrogen (secondary N) is 1. The number of aliphatic imine (C=N–C) groups is 1. The molecule has 2 rings (SSSR count). The highest BCUT2D eigenvalue weighted by molar-refractivity contribution is 8.14. The highest BCUT2D eigenvalue weighted by atomic mass is 32.2. The van der Waals surface area contributed by atoms with E-state index in [2.05, 4.69) is 10.3 Å². The lowest BCUT2D eigenvalue weighted by Gasteiger charge is -2.42. The molecule has 0 bridgehead atoms. The van der Waals surface area contributed by atoms with Crippen LogP contribution in [0.4, 0.5) is 4.39 Å². The van der Waals surface area contributed by atoms with Crippen molar-refractivity contribution in [2.24, 2.45) is 4.99 Å². The molecule has 18 heavy (non-hydrogen) atoms. The van der Waals surface area contributed by atoms with Gasteiger partial charge in [-0.25, -0.2) is 4.39 Å². The van der Waals surface area contributed by atoms with Gasteiger partial charge in [-0.1, -0.05) is 11.8 Å². The number of hydrogen-bond donors (Lipinski definition) is 3. The van der Waals surface area contributed by atoms with Gasteiger partial charge in [0.25, 0.3) is 0 Å². The summed E-state index contributed by atoms with van der Waals surface area (Å²) in [5.41, 5.74) is -1.79. The second-order valence-corrected chi connectivity index (χ2v) is 6.17. The Kier molecular flexibility index (Phi) is 3.87. The lowest BCUT2D eigenvalue weighted by atomic mass is 9.89. The van der Waals surface area contributed by atoms with Crippen molar-refractivity contribution in [1.82, 2.24) is 5.32 Å². The first kappa shape index (κ1) is 14.0. The summed E-state index contributed by atoms with van der Waals surface area (Å²) in [4.78, 5) is 4.17. The first-order valence-electron chi connectivity index (χ1n) is 6.03. The lowest BCUT2D eigenvalue weighted by molar-refractivity contribution is -0.195. The zero-order valence-corrected chi connectivity index (χ0v) is 11.4. The molecule has 0 unspecified atom stereocenters. The minimum atomic E-state index is -1.52. The van der Waals surface area contributed by atoms with Crippen molar-refractivity contribution in [2.45, 2.75) is 56.2 Å². The van der Waals surface area contributed by atoms with Crippen molar-refractivity contribution in [1.29, 1.82) is 0 Å². The number of thioether (sulfide) groups is 1. The van der Waals surface area contributed by atoms with Gasteiger partial charge >= 0.3 is 0 Å². The fourth-order valence-corrected chi connectivity index (χ4v) is 3.31. The number of fused-ring (bicyclic) bond motifs is 1.